The van der Waals surface area contributed by atoms with Crippen molar-refractivity contribution in [3.05, 3.63) is 0 Å². The van der Waals surface area contributed by atoms with Crippen molar-refractivity contribution in [3.63, 3.8) is 0 Å². The minimum absolute atomic E-state index is 0.0104. The van der Waals surface area contributed by atoms with Crippen molar-refractivity contribution in [1.29, 1.82) is 0 Å². The van der Waals surface area contributed by atoms with Gasteiger partial charge in [-0.15, -0.1) is 0 Å². The lowest BCUT2D eigenvalue weighted by Gasteiger charge is -2.21. The van der Waals surface area contributed by atoms with E-state index >= 15 is 0 Å². The normalized spacial score (nSPS) is 22.8. The molecule has 98 valence electrons. The van der Waals surface area contributed by atoms with Crippen LogP contribution in [0.3, 0.4) is 0 Å². The Hall–Kier alpha value is -1.30. The summed E-state index contributed by atoms with van der Waals surface area (Å²) in [5.41, 5.74) is 0. The number of carbonyl (C=O) groups excluding carboxylic acids is 1. The van der Waals surface area contributed by atoms with Gasteiger partial charge in [0.15, 0.2) is 0 Å². The number of carboxylic acids is 1. The Morgan fingerprint density at radius 1 is 1.47 bits per heavy atom. The number of hydrogen-bond acceptors (Lipinski definition) is 3. The zero-order chi connectivity index (χ0) is 12.8. The Bertz CT molecular complexity index is 277. The molecule has 0 saturated carbocycles. The molecule has 1 saturated heterocycles. The van der Waals surface area contributed by atoms with E-state index in [4.69, 9.17) is 9.84 Å². The summed E-state index contributed by atoms with van der Waals surface area (Å²) in [5.74, 6) is -0.704. The average molecular weight is 244 g/mol. The number of rotatable bonds is 5. The Morgan fingerprint density at radius 2 is 2.18 bits per heavy atom. The van der Waals surface area contributed by atoms with Crippen LogP contribution in [0.1, 0.15) is 26.7 Å². The van der Waals surface area contributed by atoms with E-state index in [0.29, 0.717) is 18.9 Å². The minimum atomic E-state index is -1.01. The smallest absolute Gasteiger partial charge is 0.326 e. The number of urea groups is 1. The molecular weight excluding hydrogens is 224 g/mol. The van der Waals surface area contributed by atoms with Crippen LogP contribution in [0.2, 0.25) is 0 Å². The Kier molecular flexibility index (Phi) is 5.21. The first-order valence-electron chi connectivity index (χ1n) is 5.92. The molecule has 17 heavy (non-hydrogen) atoms. The number of ether oxygens (including phenoxy) is 1. The summed E-state index contributed by atoms with van der Waals surface area (Å²) >= 11 is 0. The van der Waals surface area contributed by atoms with E-state index in [1.807, 2.05) is 6.92 Å². The van der Waals surface area contributed by atoms with Crippen LogP contribution >= 0.6 is 0 Å². The zero-order valence-electron chi connectivity index (χ0n) is 10.2. The molecule has 1 fully saturated rings. The van der Waals surface area contributed by atoms with Crippen LogP contribution < -0.4 is 10.6 Å². The third-order valence-electron chi connectivity index (χ3n) is 3.04. The molecule has 0 aromatic carbocycles. The monoisotopic (exact) mass is 244 g/mol. The molecule has 1 aliphatic heterocycles. The second kappa shape index (κ2) is 6.44. The van der Waals surface area contributed by atoms with Gasteiger partial charge in [0.25, 0.3) is 0 Å². The predicted molar refractivity (Wildman–Crippen MR) is 61.8 cm³/mol. The summed E-state index contributed by atoms with van der Waals surface area (Å²) in [6.45, 7) is 5.00. The van der Waals surface area contributed by atoms with E-state index in [2.05, 4.69) is 10.6 Å². The lowest BCUT2D eigenvalue weighted by Crippen LogP contribution is -2.49. The molecule has 1 heterocycles. The summed E-state index contributed by atoms with van der Waals surface area (Å²) in [6.07, 6.45) is 1.29. The fourth-order valence-corrected chi connectivity index (χ4v) is 1.81. The van der Waals surface area contributed by atoms with Gasteiger partial charge < -0.3 is 20.5 Å². The molecule has 1 aliphatic rings. The zero-order valence-corrected chi connectivity index (χ0v) is 10.2. The van der Waals surface area contributed by atoms with Gasteiger partial charge in [-0.05, 0) is 19.8 Å². The van der Waals surface area contributed by atoms with Gasteiger partial charge in [0.2, 0.25) is 0 Å². The summed E-state index contributed by atoms with van der Waals surface area (Å²) < 4.78 is 5.23. The van der Waals surface area contributed by atoms with Crippen molar-refractivity contribution in [2.75, 3.05) is 13.2 Å². The van der Waals surface area contributed by atoms with Crippen LogP contribution in [0, 0.1) is 5.92 Å². The van der Waals surface area contributed by atoms with E-state index in [-0.39, 0.29) is 6.04 Å². The quantitative estimate of drug-likeness (QED) is 0.660. The van der Waals surface area contributed by atoms with Crippen LogP contribution in [-0.2, 0) is 9.53 Å². The average Bonchev–Trinajstić information content (AvgIpc) is 2.78. The highest BCUT2D eigenvalue weighted by molar-refractivity contribution is 5.82. The number of nitrogens with one attached hydrogen (secondary N) is 2. The van der Waals surface area contributed by atoms with Crippen LogP contribution in [0.5, 0.6) is 0 Å². The summed E-state index contributed by atoms with van der Waals surface area (Å²) in [5, 5.41) is 14.0. The standard InChI is InChI=1S/C11H20N2O4/c1-3-9(10(14)15)13-11(16)12-7(2)8-4-5-17-6-8/h7-9H,3-6H2,1-2H3,(H,14,15)(H2,12,13,16)/t7?,8?,9-/m0/s1. The summed E-state index contributed by atoms with van der Waals surface area (Å²) in [7, 11) is 0. The van der Waals surface area contributed by atoms with Gasteiger partial charge in [-0.3, -0.25) is 0 Å². The first-order valence-corrected chi connectivity index (χ1v) is 5.92. The first-order chi connectivity index (χ1) is 8.04. The van der Waals surface area contributed by atoms with Gasteiger partial charge in [0, 0.05) is 18.6 Å². The molecule has 6 heteroatoms. The second-order valence-electron chi connectivity index (χ2n) is 4.33. The molecular formula is C11H20N2O4. The first kappa shape index (κ1) is 13.8. The summed E-state index contributed by atoms with van der Waals surface area (Å²) in [6, 6.07) is -1.27. The van der Waals surface area contributed by atoms with Crippen molar-refractivity contribution in [2.24, 2.45) is 5.92 Å². The predicted octanol–water partition coefficient (Wildman–Crippen LogP) is 0.574. The Morgan fingerprint density at radius 3 is 2.65 bits per heavy atom. The van der Waals surface area contributed by atoms with Crippen LogP contribution in [0.25, 0.3) is 0 Å². The number of hydrogen-bond donors (Lipinski definition) is 3. The molecule has 0 bridgehead atoms. The van der Waals surface area contributed by atoms with Crippen LogP contribution in [0.4, 0.5) is 4.79 Å². The Balaban J connectivity index is 2.35. The van der Waals surface area contributed by atoms with E-state index in [1.165, 1.54) is 0 Å². The highest BCUT2D eigenvalue weighted by atomic mass is 16.5. The maximum Gasteiger partial charge on any atom is 0.326 e. The van der Waals surface area contributed by atoms with Gasteiger partial charge in [0.05, 0.1) is 6.61 Å². The molecule has 0 aromatic heterocycles. The third kappa shape index (κ3) is 4.22. The SMILES string of the molecule is CC[C@H](NC(=O)NC(C)C1CCOC1)C(=O)O. The van der Waals surface area contributed by atoms with Gasteiger partial charge >= 0.3 is 12.0 Å². The van der Waals surface area contributed by atoms with Gasteiger partial charge in [-0.2, -0.15) is 0 Å². The van der Waals surface area contributed by atoms with E-state index < -0.39 is 18.0 Å². The minimum Gasteiger partial charge on any atom is -0.480 e. The fourth-order valence-electron chi connectivity index (χ4n) is 1.81. The van der Waals surface area contributed by atoms with Crippen molar-refractivity contribution in [1.82, 2.24) is 10.6 Å². The number of amides is 2. The summed E-state index contributed by atoms with van der Waals surface area (Å²) in [4.78, 5) is 22.3. The van der Waals surface area contributed by atoms with Crippen molar-refractivity contribution in [2.45, 2.75) is 38.8 Å². The maximum atomic E-state index is 11.6. The lowest BCUT2D eigenvalue weighted by molar-refractivity contribution is -0.139. The molecule has 0 aromatic rings. The van der Waals surface area contributed by atoms with Crippen LogP contribution in [-0.4, -0.2) is 42.4 Å². The van der Waals surface area contributed by atoms with E-state index in [1.54, 1.807) is 6.92 Å². The molecule has 0 spiro atoms. The Labute approximate surface area is 101 Å². The number of carbonyl (C=O) groups is 2. The van der Waals surface area contributed by atoms with Gasteiger partial charge in [0.1, 0.15) is 6.04 Å². The number of carboxylic acid groups (broad SMARTS) is 1. The molecule has 2 amide bonds. The lowest BCUT2D eigenvalue weighted by atomic mass is 10.0. The van der Waals surface area contributed by atoms with Gasteiger partial charge in [-0.25, -0.2) is 9.59 Å². The molecule has 0 aliphatic carbocycles. The molecule has 6 nitrogen and oxygen atoms in total. The molecule has 3 atom stereocenters. The van der Waals surface area contributed by atoms with Crippen molar-refractivity contribution in [3.8, 4) is 0 Å². The largest absolute Gasteiger partial charge is 0.480 e. The third-order valence-corrected chi connectivity index (χ3v) is 3.04. The highest BCUT2D eigenvalue weighted by Gasteiger charge is 2.25. The van der Waals surface area contributed by atoms with Gasteiger partial charge in [-0.1, -0.05) is 6.92 Å². The second-order valence-corrected chi connectivity index (χ2v) is 4.33. The molecule has 0 radical (unpaired) electrons. The molecule has 1 rings (SSSR count). The number of aliphatic carboxylic acids is 1. The molecule has 3 N–H and O–H groups in total. The van der Waals surface area contributed by atoms with E-state index in [0.717, 1.165) is 13.0 Å². The molecule has 2 unspecified atom stereocenters. The van der Waals surface area contributed by atoms with E-state index in [9.17, 15) is 9.59 Å². The van der Waals surface area contributed by atoms with Crippen LogP contribution in [0.15, 0.2) is 0 Å². The van der Waals surface area contributed by atoms with Crippen molar-refractivity contribution >= 4 is 12.0 Å². The highest BCUT2D eigenvalue weighted by Crippen LogP contribution is 2.16. The maximum absolute atomic E-state index is 11.6. The van der Waals surface area contributed by atoms with Crippen molar-refractivity contribution < 1.29 is 19.4 Å². The fraction of sp³-hybridized carbons (Fsp3) is 0.818. The topological polar surface area (TPSA) is 87.7 Å².